The second-order valence-corrected chi connectivity index (χ2v) is 5.39. The molecule has 2 aliphatic heterocycles. The molecule has 0 spiro atoms. The zero-order valence-corrected chi connectivity index (χ0v) is 16.7. The number of carbonyl (C=O) groups excluding carboxylic acids is 4. The predicted octanol–water partition coefficient (Wildman–Crippen LogP) is 3.47. The van der Waals surface area contributed by atoms with Crippen LogP contribution in [-0.4, -0.2) is 39.0 Å². The summed E-state index contributed by atoms with van der Waals surface area (Å²) in [4.78, 5) is 48.9. The first kappa shape index (κ1) is 24.3. The van der Waals surface area contributed by atoms with E-state index in [0.29, 0.717) is 4.42 Å². The molecule has 4 amide bonds. The molecule has 0 aliphatic carbocycles. The van der Waals surface area contributed by atoms with Crippen LogP contribution in [0.3, 0.4) is 0 Å². The average Bonchev–Trinajstić information content (AvgIpc) is 2.92. The van der Waals surface area contributed by atoms with E-state index in [1.165, 1.54) is 12.2 Å². The van der Waals surface area contributed by atoms with Crippen molar-refractivity contribution in [3.8, 4) is 0 Å². The Labute approximate surface area is 165 Å². The monoisotopic (exact) mass is 392 g/mol. The molecule has 146 valence electrons. The maximum absolute atomic E-state index is 12.4. The number of rotatable bonds is 4. The van der Waals surface area contributed by atoms with E-state index in [2.05, 4.69) is 19.7 Å². The molecule has 0 aromatic heterocycles. The number of allylic oxidation sites excluding steroid dienone is 3. The fraction of sp³-hybridized carbons (Fsp3) is 0.300. The van der Waals surface area contributed by atoms with Crippen molar-refractivity contribution >= 4 is 35.4 Å². The molecule has 0 aromatic rings. The van der Waals surface area contributed by atoms with Crippen molar-refractivity contribution in [2.45, 2.75) is 39.7 Å². The van der Waals surface area contributed by atoms with Crippen LogP contribution in [0.5, 0.6) is 0 Å². The Balaban J connectivity index is 0.000000998. The summed E-state index contributed by atoms with van der Waals surface area (Å²) < 4.78 is 0.440. The third-order valence-electron chi connectivity index (χ3n) is 3.53. The Kier molecular flexibility index (Phi) is 10.6. The molecule has 1 fully saturated rings. The van der Waals surface area contributed by atoms with Crippen molar-refractivity contribution in [3.63, 3.8) is 0 Å². The van der Waals surface area contributed by atoms with Gasteiger partial charge in [0.15, 0.2) is 0 Å². The summed E-state index contributed by atoms with van der Waals surface area (Å²) in [6.07, 6.45) is 7.75. The quantitative estimate of drug-likeness (QED) is 0.417. The standard InChI is InChI=1S/C14H13ClN2O4.C4H6.C2H6/c1-3-5-9-8(4-2)12(19)16(13(9)20)10-6-7-11(18)17(15)14(10)21;1-3-4-2;1-2/h3-5,10H,2,6-7H2,1H3;3-4H,1-2H2;1-2H3/b5-3-;;. The molecule has 0 bridgehead atoms. The highest BCUT2D eigenvalue weighted by Crippen LogP contribution is 2.29. The van der Waals surface area contributed by atoms with E-state index in [1.54, 1.807) is 25.2 Å². The predicted molar refractivity (Wildman–Crippen MR) is 106 cm³/mol. The average molecular weight is 393 g/mol. The summed E-state index contributed by atoms with van der Waals surface area (Å²) >= 11 is 5.59. The smallest absolute Gasteiger partial charge is 0.267 e. The maximum atomic E-state index is 12.4. The number of imide groups is 2. The van der Waals surface area contributed by atoms with E-state index in [1.807, 2.05) is 13.8 Å². The van der Waals surface area contributed by atoms with Gasteiger partial charge in [0.25, 0.3) is 17.7 Å². The third-order valence-corrected chi connectivity index (χ3v) is 3.89. The molecule has 2 aliphatic rings. The molecule has 1 atom stereocenters. The number of nitrogens with zero attached hydrogens (tertiary/aromatic N) is 2. The van der Waals surface area contributed by atoms with Crippen LogP contribution in [-0.2, 0) is 19.2 Å². The fourth-order valence-electron chi connectivity index (χ4n) is 2.37. The second kappa shape index (κ2) is 11.8. The van der Waals surface area contributed by atoms with Gasteiger partial charge in [-0.3, -0.25) is 24.1 Å². The minimum absolute atomic E-state index is 0.000655. The minimum Gasteiger partial charge on any atom is -0.273 e. The van der Waals surface area contributed by atoms with Gasteiger partial charge >= 0.3 is 0 Å². The van der Waals surface area contributed by atoms with Crippen LogP contribution in [0.2, 0.25) is 0 Å². The van der Waals surface area contributed by atoms with Crippen LogP contribution < -0.4 is 0 Å². The van der Waals surface area contributed by atoms with Crippen molar-refractivity contribution < 1.29 is 19.2 Å². The number of amides is 4. The number of hydrogen-bond acceptors (Lipinski definition) is 4. The topological polar surface area (TPSA) is 74.8 Å². The van der Waals surface area contributed by atoms with Gasteiger partial charge < -0.3 is 0 Å². The Bertz CT molecular complexity index is 701. The van der Waals surface area contributed by atoms with Gasteiger partial charge in [-0.05, 0) is 13.3 Å². The van der Waals surface area contributed by atoms with E-state index in [9.17, 15) is 19.2 Å². The van der Waals surface area contributed by atoms with Crippen molar-refractivity contribution in [1.82, 2.24) is 9.32 Å². The highest BCUT2D eigenvalue weighted by molar-refractivity contribution is 6.32. The lowest BCUT2D eigenvalue weighted by atomic mass is 10.0. The zero-order valence-electron chi connectivity index (χ0n) is 15.9. The van der Waals surface area contributed by atoms with Gasteiger partial charge in [-0.25, -0.2) is 0 Å². The van der Waals surface area contributed by atoms with Gasteiger partial charge in [0.1, 0.15) is 6.04 Å². The molecule has 0 aromatic carbocycles. The van der Waals surface area contributed by atoms with Crippen LogP contribution in [0.25, 0.3) is 0 Å². The van der Waals surface area contributed by atoms with E-state index in [4.69, 9.17) is 11.8 Å². The SMILES string of the molecule is C=CC1=C(/C=C\C)C(=O)N(C2CCC(=O)N(Cl)C2=O)C1=O.C=CC=C.CC. The Hall–Kier alpha value is -2.73. The van der Waals surface area contributed by atoms with Gasteiger partial charge in [0.05, 0.1) is 11.1 Å². The molecule has 2 rings (SSSR count). The first-order chi connectivity index (χ1) is 12.8. The van der Waals surface area contributed by atoms with Crippen molar-refractivity contribution in [2.75, 3.05) is 0 Å². The van der Waals surface area contributed by atoms with Crippen LogP contribution in [0.4, 0.5) is 0 Å². The third kappa shape index (κ3) is 5.37. The summed E-state index contributed by atoms with van der Waals surface area (Å²) in [7, 11) is 0. The summed E-state index contributed by atoms with van der Waals surface area (Å²) in [5.41, 5.74) is 0.326. The molecule has 0 saturated carbocycles. The first-order valence-electron chi connectivity index (χ1n) is 8.48. The molecule has 0 radical (unpaired) electrons. The zero-order chi connectivity index (χ0) is 21.1. The van der Waals surface area contributed by atoms with Crippen LogP contribution in [0, 0.1) is 0 Å². The van der Waals surface area contributed by atoms with Crippen LogP contribution in [0.1, 0.15) is 33.6 Å². The van der Waals surface area contributed by atoms with E-state index >= 15 is 0 Å². The Morgan fingerprint density at radius 1 is 1.00 bits per heavy atom. The van der Waals surface area contributed by atoms with Crippen molar-refractivity contribution in [2.24, 2.45) is 0 Å². The molecule has 1 saturated heterocycles. The number of carbonyl (C=O) groups is 4. The first-order valence-corrected chi connectivity index (χ1v) is 8.82. The van der Waals surface area contributed by atoms with Crippen LogP contribution in [0.15, 0.2) is 61.3 Å². The highest BCUT2D eigenvalue weighted by Gasteiger charge is 2.46. The summed E-state index contributed by atoms with van der Waals surface area (Å²) in [5, 5.41) is 0. The number of halogens is 1. The van der Waals surface area contributed by atoms with E-state index in [-0.39, 0.29) is 24.0 Å². The summed E-state index contributed by atoms with van der Waals surface area (Å²) in [6, 6.07) is -1.06. The molecular weight excluding hydrogens is 368 g/mol. The van der Waals surface area contributed by atoms with Gasteiger partial charge in [-0.2, -0.15) is 4.42 Å². The lowest BCUT2D eigenvalue weighted by molar-refractivity contribution is -0.154. The van der Waals surface area contributed by atoms with E-state index < -0.39 is 29.7 Å². The molecule has 2 heterocycles. The largest absolute Gasteiger partial charge is 0.273 e. The molecule has 27 heavy (non-hydrogen) atoms. The van der Waals surface area contributed by atoms with Gasteiger partial charge in [-0.15, -0.1) is 0 Å². The van der Waals surface area contributed by atoms with Crippen molar-refractivity contribution in [1.29, 1.82) is 0 Å². The summed E-state index contributed by atoms with van der Waals surface area (Å²) in [5.74, 6) is -2.48. The van der Waals surface area contributed by atoms with Gasteiger partial charge in [0.2, 0.25) is 5.91 Å². The molecular formula is C20H25ClN2O4. The second-order valence-electron chi connectivity index (χ2n) is 5.05. The lowest BCUT2D eigenvalue weighted by Gasteiger charge is -2.31. The molecule has 1 unspecified atom stereocenters. The van der Waals surface area contributed by atoms with Crippen LogP contribution >= 0.6 is 11.8 Å². The molecule has 6 nitrogen and oxygen atoms in total. The normalized spacial score (nSPS) is 19.5. The fourth-order valence-corrected chi connectivity index (χ4v) is 2.56. The Morgan fingerprint density at radius 2 is 1.52 bits per heavy atom. The van der Waals surface area contributed by atoms with Crippen molar-refractivity contribution in [3.05, 3.63) is 61.3 Å². The van der Waals surface area contributed by atoms with Gasteiger partial charge in [-0.1, -0.05) is 64.0 Å². The number of hydrogen-bond donors (Lipinski definition) is 0. The maximum Gasteiger partial charge on any atom is 0.267 e. The van der Waals surface area contributed by atoms with Gasteiger partial charge in [0, 0.05) is 18.2 Å². The number of piperidine rings is 1. The lowest BCUT2D eigenvalue weighted by Crippen LogP contribution is -2.53. The highest BCUT2D eigenvalue weighted by atomic mass is 35.5. The van der Waals surface area contributed by atoms with E-state index in [0.717, 1.165) is 4.90 Å². The Morgan fingerprint density at radius 3 is 1.96 bits per heavy atom. The molecule has 7 heteroatoms. The molecule has 0 N–H and O–H groups in total. The summed E-state index contributed by atoms with van der Waals surface area (Å²) in [6.45, 7) is 15.9. The minimum atomic E-state index is -1.06.